The number of aromatic nitrogens is 4. The summed E-state index contributed by atoms with van der Waals surface area (Å²) in [5.41, 5.74) is 1.01. The van der Waals surface area contributed by atoms with E-state index in [4.69, 9.17) is 4.74 Å². The first kappa shape index (κ1) is 14.0. The fourth-order valence-electron chi connectivity index (χ4n) is 2.63. The Bertz CT molecular complexity index is 577. The van der Waals surface area contributed by atoms with Crippen LogP contribution in [0.15, 0.2) is 24.3 Å². The predicted molar refractivity (Wildman–Crippen MR) is 80.2 cm³/mol. The third kappa shape index (κ3) is 3.21. The van der Waals surface area contributed by atoms with Crippen LogP contribution in [0.3, 0.4) is 0 Å². The molecular formula is C15H21N5O. The number of rotatable bonds is 5. The van der Waals surface area contributed by atoms with Gasteiger partial charge < -0.3 is 10.1 Å². The minimum Gasteiger partial charge on any atom is -0.494 e. The van der Waals surface area contributed by atoms with E-state index in [1.807, 2.05) is 28.9 Å². The lowest BCUT2D eigenvalue weighted by molar-refractivity contribution is 0.317. The van der Waals surface area contributed by atoms with Crippen molar-refractivity contribution < 1.29 is 4.74 Å². The molecular weight excluding hydrogens is 266 g/mol. The van der Waals surface area contributed by atoms with Crippen LogP contribution in [0, 0.1) is 0 Å². The maximum absolute atomic E-state index is 5.69. The fourth-order valence-corrected chi connectivity index (χ4v) is 2.63. The molecule has 0 saturated carbocycles. The minimum absolute atomic E-state index is 0.372. The molecule has 0 aliphatic carbocycles. The predicted octanol–water partition coefficient (Wildman–Crippen LogP) is 2.05. The van der Waals surface area contributed by atoms with E-state index < -0.39 is 0 Å². The molecule has 1 aromatic carbocycles. The van der Waals surface area contributed by atoms with Crippen LogP contribution < -0.4 is 10.1 Å². The molecule has 0 unspecified atom stereocenters. The van der Waals surface area contributed by atoms with Gasteiger partial charge in [-0.05, 0) is 54.9 Å². The second-order valence-corrected chi connectivity index (χ2v) is 5.30. The average molecular weight is 287 g/mol. The van der Waals surface area contributed by atoms with Crippen molar-refractivity contribution >= 4 is 0 Å². The van der Waals surface area contributed by atoms with Gasteiger partial charge in [-0.2, -0.15) is 0 Å². The van der Waals surface area contributed by atoms with E-state index >= 15 is 0 Å². The molecule has 2 aromatic rings. The molecule has 1 saturated heterocycles. The van der Waals surface area contributed by atoms with Gasteiger partial charge in [0.2, 0.25) is 0 Å². The third-order valence-electron chi connectivity index (χ3n) is 3.71. The molecule has 1 aromatic heterocycles. The number of tetrazole rings is 1. The summed E-state index contributed by atoms with van der Waals surface area (Å²) in [4.78, 5) is 0. The van der Waals surface area contributed by atoms with Crippen LogP contribution in [-0.2, 0) is 0 Å². The Kier molecular flexibility index (Phi) is 4.45. The zero-order chi connectivity index (χ0) is 14.5. The number of benzene rings is 1. The number of piperidine rings is 1. The van der Waals surface area contributed by atoms with Gasteiger partial charge in [0, 0.05) is 5.56 Å². The Morgan fingerprint density at radius 1 is 1.33 bits per heavy atom. The van der Waals surface area contributed by atoms with Gasteiger partial charge in [0.05, 0.1) is 12.6 Å². The maximum Gasteiger partial charge on any atom is 0.182 e. The highest BCUT2D eigenvalue weighted by atomic mass is 16.5. The summed E-state index contributed by atoms with van der Waals surface area (Å²) in [6, 6.07) is 8.37. The van der Waals surface area contributed by atoms with E-state index in [2.05, 4.69) is 27.8 Å². The van der Waals surface area contributed by atoms with Crippen LogP contribution in [-0.4, -0.2) is 39.9 Å². The smallest absolute Gasteiger partial charge is 0.182 e. The van der Waals surface area contributed by atoms with Gasteiger partial charge in [0.15, 0.2) is 5.82 Å². The molecule has 0 bridgehead atoms. The Morgan fingerprint density at radius 2 is 2.19 bits per heavy atom. The van der Waals surface area contributed by atoms with Gasteiger partial charge in [-0.15, -0.1) is 5.10 Å². The molecule has 3 rings (SSSR count). The summed E-state index contributed by atoms with van der Waals surface area (Å²) in [5.74, 6) is 1.69. The standard InChI is InChI=1S/C15H21N5O/c1-2-10-21-14-5-3-4-12(11-14)15-17-18-19-20(15)13-6-8-16-9-7-13/h3-5,11,13,16H,2,6-10H2,1H3. The number of ether oxygens (including phenoxy) is 1. The second kappa shape index (κ2) is 6.67. The van der Waals surface area contributed by atoms with Crippen molar-refractivity contribution in [1.29, 1.82) is 0 Å². The number of hydrogen-bond donors (Lipinski definition) is 1. The first-order chi connectivity index (χ1) is 10.4. The van der Waals surface area contributed by atoms with Crippen molar-refractivity contribution in [2.45, 2.75) is 32.2 Å². The summed E-state index contributed by atoms with van der Waals surface area (Å²) >= 11 is 0. The fraction of sp³-hybridized carbons (Fsp3) is 0.533. The van der Waals surface area contributed by atoms with Gasteiger partial charge in [-0.3, -0.25) is 0 Å². The van der Waals surface area contributed by atoms with Gasteiger partial charge in [-0.1, -0.05) is 19.1 Å². The Morgan fingerprint density at radius 3 is 3.00 bits per heavy atom. The van der Waals surface area contributed by atoms with Gasteiger partial charge in [0.1, 0.15) is 5.75 Å². The molecule has 6 heteroatoms. The van der Waals surface area contributed by atoms with Crippen molar-refractivity contribution in [3.8, 4) is 17.1 Å². The average Bonchev–Trinajstić information content (AvgIpc) is 3.04. The second-order valence-electron chi connectivity index (χ2n) is 5.30. The van der Waals surface area contributed by atoms with Crippen molar-refractivity contribution in [1.82, 2.24) is 25.5 Å². The normalized spacial score (nSPS) is 16.0. The van der Waals surface area contributed by atoms with Crippen LogP contribution in [0.25, 0.3) is 11.4 Å². The molecule has 1 aliphatic rings. The summed E-state index contributed by atoms with van der Waals surface area (Å²) in [6.45, 7) is 4.86. The highest BCUT2D eigenvalue weighted by Crippen LogP contribution is 2.26. The van der Waals surface area contributed by atoms with Crippen LogP contribution in [0.5, 0.6) is 5.75 Å². The van der Waals surface area contributed by atoms with Crippen molar-refractivity contribution in [3.63, 3.8) is 0 Å². The minimum atomic E-state index is 0.372. The van der Waals surface area contributed by atoms with E-state index in [0.29, 0.717) is 6.04 Å². The highest BCUT2D eigenvalue weighted by molar-refractivity contribution is 5.57. The number of hydrogen-bond acceptors (Lipinski definition) is 5. The molecule has 112 valence electrons. The summed E-state index contributed by atoms with van der Waals surface area (Å²) in [6.07, 6.45) is 3.12. The summed E-state index contributed by atoms with van der Waals surface area (Å²) in [7, 11) is 0. The number of nitrogens with zero attached hydrogens (tertiary/aromatic N) is 4. The number of nitrogens with one attached hydrogen (secondary N) is 1. The van der Waals surface area contributed by atoms with E-state index in [1.54, 1.807) is 0 Å². The van der Waals surface area contributed by atoms with Crippen LogP contribution in [0.2, 0.25) is 0 Å². The van der Waals surface area contributed by atoms with Crippen LogP contribution >= 0.6 is 0 Å². The lowest BCUT2D eigenvalue weighted by Gasteiger charge is -2.23. The van der Waals surface area contributed by atoms with Gasteiger partial charge in [-0.25, -0.2) is 4.68 Å². The molecule has 2 heterocycles. The molecule has 1 N–H and O–H groups in total. The summed E-state index contributed by atoms with van der Waals surface area (Å²) < 4.78 is 7.65. The maximum atomic E-state index is 5.69. The van der Waals surface area contributed by atoms with Gasteiger partial charge >= 0.3 is 0 Å². The Hall–Kier alpha value is -1.95. The third-order valence-corrected chi connectivity index (χ3v) is 3.71. The molecule has 1 fully saturated rings. The van der Waals surface area contributed by atoms with Crippen molar-refractivity contribution in [2.75, 3.05) is 19.7 Å². The zero-order valence-electron chi connectivity index (χ0n) is 12.3. The van der Waals surface area contributed by atoms with Gasteiger partial charge in [0.25, 0.3) is 0 Å². The van der Waals surface area contributed by atoms with E-state index in [1.165, 1.54) is 0 Å². The lowest BCUT2D eigenvalue weighted by atomic mass is 10.1. The lowest BCUT2D eigenvalue weighted by Crippen LogP contribution is -2.30. The van der Waals surface area contributed by atoms with E-state index in [0.717, 1.165) is 56.1 Å². The van der Waals surface area contributed by atoms with E-state index in [9.17, 15) is 0 Å². The molecule has 6 nitrogen and oxygen atoms in total. The van der Waals surface area contributed by atoms with Crippen molar-refractivity contribution in [2.24, 2.45) is 0 Å². The van der Waals surface area contributed by atoms with Crippen LogP contribution in [0.4, 0.5) is 0 Å². The first-order valence-electron chi connectivity index (χ1n) is 7.60. The molecule has 1 aliphatic heterocycles. The van der Waals surface area contributed by atoms with E-state index in [-0.39, 0.29) is 0 Å². The van der Waals surface area contributed by atoms with Crippen molar-refractivity contribution in [3.05, 3.63) is 24.3 Å². The summed E-state index contributed by atoms with van der Waals surface area (Å²) in [5, 5.41) is 15.6. The first-order valence-corrected chi connectivity index (χ1v) is 7.60. The topological polar surface area (TPSA) is 64.9 Å². The SMILES string of the molecule is CCCOc1cccc(-c2nnnn2C2CCNCC2)c1. The zero-order valence-corrected chi connectivity index (χ0v) is 12.3. The molecule has 21 heavy (non-hydrogen) atoms. The van der Waals surface area contributed by atoms with Crippen LogP contribution in [0.1, 0.15) is 32.2 Å². The monoisotopic (exact) mass is 287 g/mol. The molecule has 0 spiro atoms. The largest absolute Gasteiger partial charge is 0.494 e. The Balaban J connectivity index is 1.85. The molecule has 0 radical (unpaired) electrons. The quantitative estimate of drug-likeness (QED) is 0.912. The molecule has 0 atom stereocenters. The highest BCUT2D eigenvalue weighted by Gasteiger charge is 2.20. The molecule has 0 amide bonds. The Labute approximate surface area is 124 Å².